The largest absolute Gasteiger partial charge is 0.323 e. The van der Waals surface area contributed by atoms with Gasteiger partial charge in [0.25, 0.3) is 20.0 Å². The van der Waals surface area contributed by atoms with Crippen LogP contribution < -0.4 is 14.8 Å². The molecule has 31 heavy (non-hydrogen) atoms. The van der Waals surface area contributed by atoms with E-state index in [0.717, 1.165) is 35.6 Å². The van der Waals surface area contributed by atoms with Crippen LogP contribution in [0.25, 0.3) is 0 Å². The van der Waals surface area contributed by atoms with Crippen LogP contribution in [0.4, 0.5) is 15.8 Å². The molecule has 0 aliphatic rings. The Labute approximate surface area is 183 Å². The van der Waals surface area contributed by atoms with Gasteiger partial charge in [-0.25, -0.2) is 21.2 Å². The van der Waals surface area contributed by atoms with E-state index < -0.39 is 37.8 Å². The van der Waals surface area contributed by atoms with Gasteiger partial charge in [0.1, 0.15) is 10.0 Å². The van der Waals surface area contributed by atoms with Crippen LogP contribution in [0.3, 0.4) is 0 Å². The molecule has 0 radical (unpaired) electrons. The average Bonchev–Trinajstić information content (AvgIpc) is 3.25. The number of hydrogen-bond acceptors (Lipinski definition) is 6. The Morgan fingerprint density at radius 1 is 0.903 bits per heavy atom. The Balaban J connectivity index is 1.76. The summed E-state index contributed by atoms with van der Waals surface area (Å²) in [5, 5.41) is 4.11. The second-order valence-electron chi connectivity index (χ2n) is 6.37. The van der Waals surface area contributed by atoms with E-state index in [9.17, 15) is 26.0 Å². The molecule has 0 aliphatic heterocycles. The number of para-hydroxylation sites is 2. The quantitative estimate of drug-likeness (QED) is 0.455. The maximum absolute atomic E-state index is 13.1. The normalized spacial score (nSPS) is 12.8. The summed E-state index contributed by atoms with van der Waals surface area (Å²) in [4.78, 5) is 12.4. The lowest BCUT2D eigenvalue weighted by atomic mass is 10.2. The van der Waals surface area contributed by atoms with Crippen molar-refractivity contribution < 1.29 is 26.0 Å². The highest BCUT2D eigenvalue weighted by Crippen LogP contribution is 2.25. The number of amides is 1. The van der Waals surface area contributed by atoms with Gasteiger partial charge in [-0.15, -0.1) is 11.3 Å². The van der Waals surface area contributed by atoms with E-state index >= 15 is 0 Å². The number of sulfonamides is 2. The van der Waals surface area contributed by atoms with Gasteiger partial charge in [0, 0.05) is 0 Å². The van der Waals surface area contributed by atoms with Crippen molar-refractivity contribution in [2.75, 3.05) is 10.0 Å². The molecule has 8 nitrogen and oxygen atoms in total. The highest BCUT2D eigenvalue weighted by molar-refractivity contribution is 7.92. The molecule has 1 heterocycles. The number of hydrogen-bond donors (Lipinski definition) is 3. The lowest BCUT2D eigenvalue weighted by molar-refractivity contribution is -0.117. The third-order valence-corrected chi connectivity index (χ3v) is 8.36. The second-order valence-corrected chi connectivity index (χ2v) is 10.9. The summed E-state index contributed by atoms with van der Waals surface area (Å²) in [6, 6.07) is 12.1. The number of benzene rings is 2. The maximum Gasteiger partial charge on any atom is 0.261 e. The minimum absolute atomic E-state index is 0.0634. The molecule has 1 amide bonds. The molecule has 2 aromatic carbocycles. The zero-order valence-corrected chi connectivity index (χ0v) is 18.5. The Kier molecular flexibility index (Phi) is 6.74. The molecule has 0 fully saturated rings. The van der Waals surface area contributed by atoms with E-state index in [1.807, 2.05) is 0 Å². The molecule has 3 rings (SSSR count). The van der Waals surface area contributed by atoms with Crippen molar-refractivity contribution in [1.82, 2.24) is 4.72 Å². The fourth-order valence-corrected chi connectivity index (χ4v) is 5.79. The molecule has 0 saturated heterocycles. The Morgan fingerprint density at radius 3 is 2.16 bits per heavy atom. The molecule has 0 spiro atoms. The number of nitrogens with one attached hydrogen (secondary N) is 3. The molecule has 0 saturated carbocycles. The van der Waals surface area contributed by atoms with Crippen molar-refractivity contribution in [2.45, 2.75) is 22.1 Å². The minimum Gasteiger partial charge on any atom is -0.323 e. The summed E-state index contributed by atoms with van der Waals surface area (Å²) in [5.41, 5.74) is 0.189. The molecular weight excluding hydrogens is 465 g/mol. The lowest BCUT2D eigenvalue weighted by Gasteiger charge is -2.17. The highest BCUT2D eigenvalue weighted by Gasteiger charge is 2.24. The van der Waals surface area contributed by atoms with Crippen LogP contribution in [0.5, 0.6) is 0 Å². The van der Waals surface area contributed by atoms with Crippen LogP contribution in [-0.4, -0.2) is 28.8 Å². The van der Waals surface area contributed by atoms with E-state index in [2.05, 4.69) is 14.8 Å². The molecule has 3 N–H and O–H groups in total. The third-order valence-electron chi connectivity index (χ3n) is 4.04. The van der Waals surface area contributed by atoms with Crippen molar-refractivity contribution >= 4 is 48.7 Å². The van der Waals surface area contributed by atoms with Crippen LogP contribution >= 0.6 is 11.3 Å². The van der Waals surface area contributed by atoms with Gasteiger partial charge in [0.15, 0.2) is 0 Å². The number of rotatable bonds is 8. The molecule has 3 aromatic rings. The summed E-state index contributed by atoms with van der Waals surface area (Å²) in [7, 11) is -7.91. The summed E-state index contributed by atoms with van der Waals surface area (Å²) < 4.78 is 67.5. The van der Waals surface area contributed by atoms with Gasteiger partial charge in [-0.2, -0.15) is 4.72 Å². The first kappa shape index (κ1) is 22.9. The van der Waals surface area contributed by atoms with Gasteiger partial charge in [-0.3, -0.25) is 9.52 Å². The van der Waals surface area contributed by atoms with Gasteiger partial charge in [-0.05, 0) is 54.8 Å². The molecule has 0 bridgehead atoms. The van der Waals surface area contributed by atoms with Crippen molar-refractivity contribution in [3.8, 4) is 0 Å². The zero-order chi connectivity index (χ0) is 22.6. The van der Waals surface area contributed by atoms with Crippen LogP contribution in [0, 0.1) is 5.82 Å². The van der Waals surface area contributed by atoms with Gasteiger partial charge < -0.3 is 5.32 Å². The summed E-state index contributed by atoms with van der Waals surface area (Å²) in [5.74, 6) is -1.26. The first-order valence-electron chi connectivity index (χ1n) is 8.82. The number of carbonyl (C=O) groups excluding carboxylic acids is 1. The van der Waals surface area contributed by atoms with Gasteiger partial charge in [0.05, 0.1) is 22.3 Å². The summed E-state index contributed by atoms with van der Waals surface area (Å²) in [6.07, 6.45) is 0. The maximum atomic E-state index is 13.1. The zero-order valence-electron chi connectivity index (χ0n) is 16.1. The van der Waals surface area contributed by atoms with Crippen molar-refractivity contribution in [2.24, 2.45) is 0 Å². The standard InChI is InChI=1S/C19H18FN3O5S3/c1-13(22-31(27,28)18-7-4-12-29-18)19(24)21-16-5-2-3-6-17(16)23-30(25,26)15-10-8-14(20)9-11-15/h2-13,22-23H,1H3,(H,21,24). The molecule has 1 aromatic heterocycles. The molecule has 1 unspecified atom stereocenters. The predicted octanol–water partition coefficient (Wildman–Crippen LogP) is 2.99. The fraction of sp³-hybridized carbons (Fsp3) is 0.105. The van der Waals surface area contributed by atoms with Gasteiger partial charge >= 0.3 is 0 Å². The topological polar surface area (TPSA) is 121 Å². The number of thiophene rings is 1. The molecule has 12 heteroatoms. The third kappa shape index (κ3) is 5.67. The van der Waals surface area contributed by atoms with Gasteiger partial charge in [0.2, 0.25) is 5.91 Å². The van der Waals surface area contributed by atoms with Crippen molar-refractivity contribution in [3.05, 3.63) is 71.9 Å². The summed E-state index contributed by atoms with van der Waals surface area (Å²) >= 11 is 1.01. The van der Waals surface area contributed by atoms with E-state index in [4.69, 9.17) is 0 Å². The number of carbonyl (C=O) groups is 1. The molecular formula is C19H18FN3O5S3. The Morgan fingerprint density at radius 2 is 1.55 bits per heavy atom. The van der Waals surface area contributed by atoms with E-state index in [-0.39, 0.29) is 20.5 Å². The lowest BCUT2D eigenvalue weighted by Crippen LogP contribution is -2.41. The predicted molar refractivity (Wildman–Crippen MR) is 116 cm³/mol. The summed E-state index contributed by atoms with van der Waals surface area (Å²) in [6.45, 7) is 1.37. The Hall–Kier alpha value is -2.80. The molecule has 0 aliphatic carbocycles. The smallest absolute Gasteiger partial charge is 0.261 e. The average molecular weight is 484 g/mol. The van der Waals surface area contributed by atoms with Crippen LogP contribution in [-0.2, 0) is 24.8 Å². The first-order valence-corrected chi connectivity index (χ1v) is 12.7. The monoisotopic (exact) mass is 483 g/mol. The van der Waals surface area contributed by atoms with Crippen LogP contribution in [0.1, 0.15) is 6.92 Å². The second kappa shape index (κ2) is 9.14. The Bertz CT molecular complexity index is 1280. The van der Waals surface area contributed by atoms with E-state index in [1.54, 1.807) is 23.6 Å². The molecule has 164 valence electrons. The SMILES string of the molecule is CC(NS(=O)(=O)c1cccs1)C(=O)Nc1ccccc1NS(=O)(=O)c1ccc(F)cc1. The van der Waals surface area contributed by atoms with E-state index in [1.165, 1.54) is 25.1 Å². The van der Waals surface area contributed by atoms with Crippen LogP contribution in [0.15, 0.2) is 75.1 Å². The van der Waals surface area contributed by atoms with Crippen molar-refractivity contribution in [3.63, 3.8) is 0 Å². The highest BCUT2D eigenvalue weighted by atomic mass is 32.2. The first-order chi connectivity index (χ1) is 14.6. The number of anilines is 2. The van der Waals surface area contributed by atoms with Crippen LogP contribution in [0.2, 0.25) is 0 Å². The fourth-order valence-electron chi connectivity index (χ4n) is 2.50. The van der Waals surface area contributed by atoms with Crippen molar-refractivity contribution in [1.29, 1.82) is 0 Å². The minimum atomic E-state index is -4.05. The van der Waals surface area contributed by atoms with Gasteiger partial charge in [-0.1, -0.05) is 18.2 Å². The van der Waals surface area contributed by atoms with E-state index in [0.29, 0.717) is 0 Å². The molecule has 1 atom stereocenters. The number of halogens is 1.